The van der Waals surface area contributed by atoms with Crippen molar-refractivity contribution in [2.45, 2.75) is 25.7 Å². The number of benzene rings is 2. The number of carbonyl (C=O) groups is 1. The molecule has 27 heavy (non-hydrogen) atoms. The third-order valence-corrected chi connectivity index (χ3v) is 4.74. The molecule has 0 radical (unpaired) electrons. The summed E-state index contributed by atoms with van der Waals surface area (Å²) >= 11 is 6.13. The zero-order valence-corrected chi connectivity index (χ0v) is 16.5. The molecule has 3 rings (SSSR count). The monoisotopic (exact) mass is 407 g/mol. The van der Waals surface area contributed by atoms with E-state index in [2.05, 4.69) is 15.3 Å². The predicted molar refractivity (Wildman–Crippen MR) is 112 cm³/mol. The Labute approximate surface area is 168 Å². The lowest BCUT2D eigenvalue weighted by Crippen LogP contribution is -2.18. The van der Waals surface area contributed by atoms with Crippen LogP contribution in [0.25, 0.3) is 11.0 Å². The number of unbranched alkanes of at least 4 members (excludes halogenated alkanes) is 1. The summed E-state index contributed by atoms with van der Waals surface area (Å²) in [5.74, 6) is 0.102. The molecule has 0 saturated carbocycles. The minimum absolute atomic E-state index is 0. The van der Waals surface area contributed by atoms with Crippen LogP contribution in [0.15, 0.2) is 47.3 Å². The van der Waals surface area contributed by atoms with Crippen LogP contribution in [0.1, 0.15) is 35.2 Å². The molecule has 0 saturated heterocycles. The van der Waals surface area contributed by atoms with Crippen LogP contribution in [0.4, 0.5) is 0 Å². The lowest BCUT2D eigenvalue weighted by molar-refractivity contribution is 0.0979. The molecule has 0 bridgehead atoms. The fraction of sp³-hybridized carbons (Fsp3) is 0.300. The highest BCUT2D eigenvalue weighted by Crippen LogP contribution is 2.15. The largest absolute Gasteiger partial charge is 0.323 e. The van der Waals surface area contributed by atoms with Gasteiger partial charge in [-0.2, -0.15) is 0 Å². The summed E-state index contributed by atoms with van der Waals surface area (Å²) in [6.07, 6.45) is 3.18. The second-order valence-electron chi connectivity index (χ2n) is 6.31. The maximum absolute atomic E-state index is 12.3. The fourth-order valence-corrected chi connectivity index (χ4v) is 3.17. The Morgan fingerprint density at radius 3 is 2.59 bits per heavy atom. The van der Waals surface area contributed by atoms with Gasteiger partial charge in [-0.25, -0.2) is 4.79 Å². The Balaban J connectivity index is 0.00000261. The quantitative estimate of drug-likeness (QED) is 0.368. The Morgan fingerprint density at radius 2 is 1.78 bits per heavy atom. The van der Waals surface area contributed by atoms with E-state index in [1.54, 1.807) is 18.2 Å². The Bertz CT molecular complexity index is 950. The van der Waals surface area contributed by atoms with Crippen LogP contribution in [0, 0.1) is 0 Å². The van der Waals surface area contributed by atoms with E-state index in [1.165, 1.54) is 0 Å². The van der Waals surface area contributed by atoms with E-state index in [1.807, 2.05) is 24.3 Å². The summed E-state index contributed by atoms with van der Waals surface area (Å²) in [5, 5.41) is 4.19. The summed E-state index contributed by atoms with van der Waals surface area (Å²) in [7, 11) is 0. The van der Waals surface area contributed by atoms with Crippen molar-refractivity contribution in [3.8, 4) is 0 Å². The van der Waals surface area contributed by atoms with Crippen LogP contribution in [0.2, 0.25) is 5.02 Å². The first-order chi connectivity index (χ1) is 12.6. The second-order valence-corrected chi connectivity index (χ2v) is 6.72. The maximum Gasteiger partial charge on any atom is 0.323 e. The lowest BCUT2D eigenvalue weighted by atomic mass is 10.0. The number of aromatic amines is 2. The van der Waals surface area contributed by atoms with Crippen molar-refractivity contribution in [1.82, 2.24) is 15.3 Å². The van der Waals surface area contributed by atoms with Crippen LogP contribution in [-0.4, -0.2) is 28.8 Å². The SMILES string of the molecule is Cl.O=C(CCCCNCCc1ccccc1Cl)c1ccc2[nH]c(=O)[nH]c2c1. The van der Waals surface area contributed by atoms with Crippen LogP contribution < -0.4 is 11.0 Å². The topological polar surface area (TPSA) is 77.8 Å². The molecule has 0 fully saturated rings. The summed E-state index contributed by atoms with van der Waals surface area (Å²) in [6.45, 7) is 1.75. The highest BCUT2D eigenvalue weighted by atomic mass is 35.5. The van der Waals surface area contributed by atoms with Gasteiger partial charge in [0.1, 0.15) is 0 Å². The zero-order valence-electron chi connectivity index (χ0n) is 14.9. The molecule has 0 spiro atoms. The molecule has 1 aromatic heterocycles. The molecule has 144 valence electrons. The molecule has 3 aromatic rings. The van der Waals surface area contributed by atoms with E-state index in [0.29, 0.717) is 23.0 Å². The van der Waals surface area contributed by atoms with Crippen LogP contribution >= 0.6 is 24.0 Å². The second kappa shape index (κ2) is 10.3. The summed E-state index contributed by atoms with van der Waals surface area (Å²) in [5.41, 5.74) is 2.92. The van der Waals surface area contributed by atoms with E-state index in [0.717, 1.165) is 42.9 Å². The number of fused-ring (bicyclic) bond motifs is 1. The number of halogens is 2. The standard InChI is InChI=1S/C20H22ClN3O2.ClH/c21-16-6-2-1-5-14(16)10-12-22-11-4-3-7-19(25)15-8-9-17-18(13-15)24-20(26)23-17;/h1-2,5-6,8-9,13,22H,3-4,7,10-12H2,(H2,23,24,26);1H. The molecule has 0 unspecified atom stereocenters. The molecule has 0 atom stereocenters. The number of hydrogen-bond donors (Lipinski definition) is 3. The van der Waals surface area contributed by atoms with Crippen LogP contribution in [0.5, 0.6) is 0 Å². The Morgan fingerprint density at radius 1 is 1.00 bits per heavy atom. The molecule has 3 N–H and O–H groups in total. The highest BCUT2D eigenvalue weighted by molar-refractivity contribution is 6.31. The van der Waals surface area contributed by atoms with Gasteiger partial charge in [0.25, 0.3) is 0 Å². The first-order valence-corrected chi connectivity index (χ1v) is 9.20. The summed E-state index contributed by atoms with van der Waals surface area (Å²) < 4.78 is 0. The van der Waals surface area contributed by atoms with Gasteiger partial charge in [-0.05, 0) is 62.2 Å². The summed E-state index contributed by atoms with van der Waals surface area (Å²) in [4.78, 5) is 28.9. The first-order valence-electron chi connectivity index (χ1n) is 8.83. The molecule has 0 aliphatic carbocycles. The molecular formula is C20H23Cl2N3O2. The average Bonchev–Trinajstić information content (AvgIpc) is 3.01. The minimum atomic E-state index is -0.257. The third-order valence-electron chi connectivity index (χ3n) is 4.37. The number of imidazole rings is 1. The van der Waals surface area contributed by atoms with Crippen molar-refractivity contribution >= 4 is 40.8 Å². The number of ketones is 1. The molecule has 0 aliphatic rings. The van der Waals surface area contributed by atoms with Gasteiger partial charge in [0.05, 0.1) is 11.0 Å². The van der Waals surface area contributed by atoms with E-state index in [4.69, 9.17) is 11.6 Å². The van der Waals surface area contributed by atoms with Gasteiger partial charge in [-0.1, -0.05) is 29.8 Å². The van der Waals surface area contributed by atoms with Crippen LogP contribution in [-0.2, 0) is 6.42 Å². The van der Waals surface area contributed by atoms with Crippen molar-refractivity contribution in [3.63, 3.8) is 0 Å². The average molecular weight is 408 g/mol. The molecule has 7 heteroatoms. The first kappa shape index (κ1) is 21.2. The number of Topliss-reactive ketones (excluding diaryl/α,β-unsaturated/α-hetero) is 1. The number of hydrogen-bond acceptors (Lipinski definition) is 3. The normalized spacial score (nSPS) is 10.7. The zero-order chi connectivity index (χ0) is 18.4. The summed E-state index contributed by atoms with van der Waals surface area (Å²) in [6, 6.07) is 13.1. The Kier molecular flexibility index (Phi) is 8.10. The van der Waals surface area contributed by atoms with Gasteiger partial charge in [-0.15, -0.1) is 12.4 Å². The number of rotatable bonds is 9. The van der Waals surface area contributed by atoms with Gasteiger partial charge < -0.3 is 15.3 Å². The van der Waals surface area contributed by atoms with Crippen molar-refractivity contribution in [1.29, 1.82) is 0 Å². The predicted octanol–water partition coefficient (Wildman–Crippen LogP) is 4.12. The van der Waals surface area contributed by atoms with Gasteiger partial charge in [0.15, 0.2) is 5.78 Å². The van der Waals surface area contributed by atoms with Gasteiger partial charge in [0.2, 0.25) is 0 Å². The van der Waals surface area contributed by atoms with Gasteiger partial charge in [-0.3, -0.25) is 4.79 Å². The van der Waals surface area contributed by atoms with Crippen molar-refractivity contribution < 1.29 is 4.79 Å². The molecular weight excluding hydrogens is 385 g/mol. The van der Waals surface area contributed by atoms with E-state index in [-0.39, 0.29) is 23.9 Å². The number of aromatic nitrogens is 2. The van der Waals surface area contributed by atoms with Gasteiger partial charge >= 0.3 is 5.69 Å². The highest BCUT2D eigenvalue weighted by Gasteiger charge is 2.08. The third kappa shape index (κ3) is 5.96. The van der Waals surface area contributed by atoms with E-state index >= 15 is 0 Å². The fourth-order valence-electron chi connectivity index (χ4n) is 2.94. The maximum atomic E-state index is 12.3. The minimum Gasteiger partial charge on any atom is -0.316 e. The van der Waals surface area contributed by atoms with E-state index in [9.17, 15) is 9.59 Å². The van der Waals surface area contributed by atoms with Crippen molar-refractivity contribution in [2.75, 3.05) is 13.1 Å². The number of nitrogens with one attached hydrogen (secondary N) is 3. The van der Waals surface area contributed by atoms with Crippen LogP contribution in [0.3, 0.4) is 0 Å². The van der Waals surface area contributed by atoms with Crippen molar-refractivity contribution in [3.05, 3.63) is 69.1 Å². The number of carbonyl (C=O) groups excluding carboxylic acids is 1. The molecule has 0 amide bonds. The molecule has 5 nitrogen and oxygen atoms in total. The van der Waals surface area contributed by atoms with Gasteiger partial charge in [0, 0.05) is 17.0 Å². The molecule has 2 aromatic carbocycles. The van der Waals surface area contributed by atoms with Crippen molar-refractivity contribution in [2.24, 2.45) is 0 Å². The smallest absolute Gasteiger partial charge is 0.316 e. The van der Waals surface area contributed by atoms with E-state index < -0.39 is 0 Å². The number of H-pyrrole nitrogens is 2. The Hall–Kier alpha value is -2.08. The molecule has 1 heterocycles. The molecule has 0 aliphatic heterocycles. The lowest BCUT2D eigenvalue weighted by Gasteiger charge is -2.06.